The minimum atomic E-state index is 0.0568. The Bertz CT molecular complexity index is 406. The van der Waals surface area contributed by atoms with Crippen molar-refractivity contribution in [3.8, 4) is 0 Å². The van der Waals surface area contributed by atoms with Crippen LogP contribution in [0, 0.1) is 6.92 Å². The van der Waals surface area contributed by atoms with Gasteiger partial charge in [0, 0.05) is 0 Å². The van der Waals surface area contributed by atoms with Gasteiger partial charge >= 0.3 is 82.2 Å². The SMILES string of the molecule is C[I-]n1cc2cc(C)ccc2n1. The van der Waals surface area contributed by atoms with Crippen molar-refractivity contribution in [2.45, 2.75) is 6.92 Å². The van der Waals surface area contributed by atoms with Crippen LogP contribution < -0.4 is 21.5 Å². The Hall–Kier alpha value is -0.580. The molecular formula is C9H10IN2-. The molecule has 0 atom stereocenters. The van der Waals surface area contributed by atoms with Crippen LogP contribution >= 0.6 is 0 Å². The molecule has 0 unspecified atom stereocenters. The number of benzene rings is 1. The van der Waals surface area contributed by atoms with E-state index in [1.807, 2.05) is 0 Å². The molecule has 0 N–H and O–H groups in total. The van der Waals surface area contributed by atoms with Crippen LogP contribution in [0.25, 0.3) is 10.9 Å². The Morgan fingerprint density at radius 2 is 2.25 bits per heavy atom. The first kappa shape index (κ1) is 8.04. The second-order valence-corrected chi connectivity index (χ2v) is 4.70. The molecule has 0 aliphatic carbocycles. The van der Waals surface area contributed by atoms with E-state index >= 15 is 0 Å². The molecule has 2 aromatic rings. The first-order chi connectivity index (χ1) is 5.79. The summed E-state index contributed by atoms with van der Waals surface area (Å²) >= 11 is 0.0568. The second-order valence-electron chi connectivity index (χ2n) is 2.75. The maximum atomic E-state index is 4.44. The number of alkyl halides is 1. The summed E-state index contributed by atoms with van der Waals surface area (Å²) in [7, 11) is 0. The first-order valence-corrected chi connectivity index (χ1v) is 6.88. The van der Waals surface area contributed by atoms with Gasteiger partial charge in [0.1, 0.15) is 0 Å². The molecule has 2 rings (SSSR count). The first-order valence-electron chi connectivity index (χ1n) is 3.76. The monoisotopic (exact) mass is 273 g/mol. The number of hydrogen-bond acceptors (Lipinski definition) is 1. The fourth-order valence-electron chi connectivity index (χ4n) is 1.20. The van der Waals surface area contributed by atoms with E-state index in [4.69, 9.17) is 0 Å². The van der Waals surface area contributed by atoms with Crippen molar-refractivity contribution in [2.75, 3.05) is 4.93 Å². The normalized spacial score (nSPS) is 11.2. The number of aryl methyl sites for hydroxylation is 1. The molecule has 3 heteroatoms. The van der Waals surface area contributed by atoms with Gasteiger partial charge in [0.25, 0.3) is 0 Å². The topological polar surface area (TPSA) is 17.8 Å². The van der Waals surface area contributed by atoms with E-state index in [9.17, 15) is 0 Å². The van der Waals surface area contributed by atoms with Crippen molar-refractivity contribution < 1.29 is 21.5 Å². The van der Waals surface area contributed by atoms with E-state index < -0.39 is 0 Å². The Morgan fingerprint density at radius 1 is 1.42 bits per heavy atom. The van der Waals surface area contributed by atoms with Crippen LogP contribution in [0.5, 0.6) is 0 Å². The number of aromatic nitrogens is 2. The number of hydrogen-bond donors (Lipinski definition) is 0. The third-order valence-electron chi connectivity index (χ3n) is 1.81. The van der Waals surface area contributed by atoms with Gasteiger partial charge in [0.05, 0.1) is 0 Å². The van der Waals surface area contributed by atoms with Gasteiger partial charge in [-0.15, -0.1) is 0 Å². The second kappa shape index (κ2) is 3.05. The van der Waals surface area contributed by atoms with E-state index in [0.29, 0.717) is 0 Å². The van der Waals surface area contributed by atoms with Crippen LogP contribution in [0.15, 0.2) is 24.4 Å². The summed E-state index contributed by atoms with van der Waals surface area (Å²) in [6.07, 6.45) is 2.13. The van der Waals surface area contributed by atoms with Crippen molar-refractivity contribution in [1.82, 2.24) is 7.99 Å². The summed E-state index contributed by atoms with van der Waals surface area (Å²) in [6, 6.07) is 6.37. The average Bonchev–Trinajstić information content (AvgIpc) is 2.46. The number of rotatable bonds is 1. The molecule has 0 saturated heterocycles. The zero-order chi connectivity index (χ0) is 8.55. The summed E-state index contributed by atoms with van der Waals surface area (Å²) < 4.78 is 2.07. The Kier molecular flexibility index (Phi) is 2.04. The summed E-state index contributed by atoms with van der Waals surface area (Å²) in [6.45, 7) is 2.11. The fourth-order valence-corrected chi connectivity index (χ4v) is 2.23. The van der Waals surface area contributed by atoms with E-state index in [2.05, 4.69) is 44.2 Å². The van der Waals surface area contributed by atoms with E-state index in [1.54, 1.807) is 0 Å². The van der Waals surface area contributed by atoms with E-state index in [0.717, 1.165) is 5.52 Å². The van der Waals surface area contributed by atoms with Crippen molar-refractivity contribution in [3.05, 3.63) is 30.0 Å². The van der Waals surface area contributed by atoms with Gasteiger partial charge in [0.2, 0.25) is 0 Å². The molecule has 1 aromatic carbocycles. The molecule has 1 aromatic heterocycles. The van der Waals surface area contributed by atoms with Gasteiger partial charge < -0.3 is 0 Å². The standard InChI is InChI=1S/C9H10IN2/c1-7-3-4-9-8(5-7)6-12(10-2)11-9/h3-6H,1-2H3/q-1. The summed E-state index contributed by atoms with van der Waals surface area (Å²) in [5.74, 6) is 0. The molecule has 64 valence electrons. The minimum absolute atomic E-state index is 0.0568. The molecule has 0 spiro atoms. The van der Waals surface area contributed by atoms with Gasteiger partial charge in [-0.1, -0.05) is 0 Å². The zero-order valence-corrected chi connectivity index (χ0v) is 9.24. The van der Waals surface area contributed by atoms with Crippen LogP contribution in [0.2, 0.25) is 0 Å². The van der Waals surface area contributed by atoms with Crippen LogP contribution in [-0.2, 0) is 0 Å². The van der Waals surface area contributed by atoms with Gasteiger partial charge in [-0.05, 0) is 0 Å². The third kappa shape index (κ3) is 1.33. The van der Waals surface area contributed by atoms with Crippen molar-refractivity contribution in [2.24, 2.45) is 0 Å². The van der Waals surface area contributed by atoms with Crippen molar-refractivity contribution in [3.63, 3.8) is 0 Å². The molecule has 0 saturated carbocycles. The predicted molar refractivity (Wildman–Crippen MR) is 45.8 cm³/mol. The summed E-state index contributed by atoms with van der Waals surface area (Å²) in [5.41, 5.74) is 2.42. The summed E-state index contributed by atoms with van der Waals surface area (Å²) in [5, 5.41) is 5.70. The van der Waals surface area contributed by atoms with Gasteiger partial charge in [-0.3, -0.25) is 0 Å². The van der Waals surface area contributed by atoms with Crippen molar-refractivity contribution in [1.29, 1.82) is 0 Å². The Labute approximate surface area is 82.2 Å². The molecule has 0 aliphatic rings. The van der Waals surface area contributed by atoms with Crippen LogP contribution in [0.4, 0.5) is 0 Å². The average molecular weight is 273 g/mol. The molecule has 0 aliphatic heterocycles. The molecule has 2 nitrogen and oxygen atoms in total. The van der Waals surface area contributed by atoms with Crippen LogP contribution in [0.1, 0.15) is 5.56 Å². The number of fused-ring (bicyclic) bond motifs is 1. The fraction of sp³-hybridized carbons (Fsp3) is 0.222. The van der Waals surface area contributed by atoms with Crippen LogP contribution in [-0.4, -0.2) is 12.9 Å². The number of halogens is 1. The van der Waals surface area contributed by atoms with Crippen molar-refractivity contribution >= 4 is 10.9 Å². The number of nitrogens with zero attached hydrogens (tertiary/aromatic N) is 2. The predicted octanol–water partition coefficient (Wildman–Crippen LogP) is -1.17. The molecule has 0 fully saturated rings. The van der Waals surface area contributed by atoms with Gasteiger partial charge in [-0.25, -0.2) is 0 Å². The third-order valence-corrected chi connectivity index (χ3v) is 3.29. The van der Waals surface area contributed by atoms with Gasteiger partial charge in [0.15, 0.2) is 0 Å². The maximum absolute atomic E-state index is 4.44. The van der Waals surface area contributed by atoms with Crippen LogP contribution in [0.3, 0.4) is 0 Å². The van der Waals surface area contributed by atoms with E-state index in [1.165, 1.54) is 10.9 Å². The molecule has 12 heavy (non-hydrogen) atoms. The zero-order valence-electron chi connectivity index (χ0n) is 7.08. The quantitative estimate of drug-likeness (QED) is 0.473. The molecule has 1 heterocycles. The Morgan fingerprint density at radius 3 is 3.00 bits per heavy atom. The molecular weight excluding hydrogens is 263 g/mol. The molecule has 0 radical (unpaired) electrons. The van der Waals surface area contributed by atoms with Gasteiger partial charge in [-0.2, -0.15) is 0 Å². The summed E-state index contributed by atoms with van der Waals surface area (Å²) in [4.78, 5) is 2.21. The van der Waals surface area contributed by atoms with E-state index in [-0.39, 0.29) is 21.5 Å². The Balaban J connectivity index is 2.67. The molecule has 0 amide bonds. The molecule has 0 bridgehead atoms.